The highest BCUT2D eigenvalue weighted by Crippen LogP contribution is 2.13. The molecule has 6 heteroatoms. The number of carbonyl (C=O) groups is 2. The fourth-order valence-electron chi connectivity index (χ4n) is 2.07. The number of nitrogens with zero attached hydrogens (tertiary/aromatic N) is 1. The molecule has 0 spiro atoms. The minimum Gasteiger partial charge on any atom is -0.453 e. The molecule has 0 fully saturated rings. The molecule has 0 aliphatic rings. The van der Waals surface area contributed by atoms with E-state index in [0.717, 1.165) is 11.3 Å². The molecular formula is C18H21N3O3. The van der Waals surface area contributed by atoms with Crippen molar-refractivity contribution in [2.75, 3.05) is 31.4 Å². The molecule has 2 aromatic rings. The lowest BCUT2D eigenvalue weighted by Gasteiger charge is -2.12. The van der Waals surface area contributed by atoms with Crippen molar-refractivity contribution in [1.29, 1.82) is 0 Å². The van der Waals surface area contributed by atoms with Crippen LogP contribution in [0.5, 0.6) is 0 Å². The maximum Gasteiger partial charge on any atom is 0.411 e. The first kappa shape index (κ1) is 17.3. The highest BCUT2D eigenvalue weighted by molar-refractivity contribution is 5.94. The second-order valence-corrected chi connectivity index (χ2v) is 5.44. The first-order chi connectivity index (χ1) is 11.5. The summed E-state index contributed by atoms with van der Waals surface area (Å²) in [5.41, 5.74) is 3.23. The van der Waals surface area contributed by atoms with Gasteiger partial charge in [-0.3, -0.25) is 10.1 Å². The zero-order valence-electron chi connectivity index (χ0n) is 14.0. The maximum absolute atomic E-state index is 12.2. The smallest absolute Gasteiger partial charge is 0.411 e. The predicted molar refractivity (Wildman–Crippen MR) is 94.4 cm³/mol. The normalized spacial score (nSPS) is 9.96. The number of anilines is 2. The van der Waals surface area contributed by atoms with Crippen molar-refractivity contribution in [3.8, 4) is 0 Å². The summed E-state index contributed by atoms with van der Waals surface area (Å²) in [6.07, 6.45) is -0.516. The quantitative estimate of drug-likeness (QED) is 0.886. The van der Waals surface area contributed by atoms with Crippen LogP contribution in [0.2, 0.25) is 0 Å². The van der Waals surface area contributed by atoms with Crippen LogP contribution in [0, 0.1) is 0 Å². The summed E-state index contributed by atoms with van der Waals surface area (Å²) in [6, 6.07) is 14.6. The Hall–Kier alpha value is -3.02. The SMILES string of the molecule is COC(=O)Nc1ccc(CNC(=O)c2ccc(N(C)C)cc2)cc1. The molecule has 0 saturated carbocycles. The minimum absolute atomic E-state index is 0.128. The van der Waals surface area contributed by atoms with Crippen molar-refractivity contribution in [3.05, 3.63) is 59.7 Å². The van der Waals surface area contributed by atoms with Crippen LogP contribution in [0.4, 0.5) is 16.2 Å². The Morgan fingerprint density at radius 1 is 1.00 bits per heavy atom. The molecule has 0 aliphatic heterocycles. The summed E-state index contributed by atoms with van der Waals surface area (Å²) in [5, 5.41) is 5.44. The Morgan fingerprint density at radius 3 is 2.17 bits per heavy atom. The number of ether oxygens (including phenoxy) is 1. The molecule has 0 atom stereocenters. The van der Waals surface area contributed by atoms with E-state index < -0.39 is 6.09 Å². The average molecular weight is 327 g/mol. The number of amides is 2. The summed E-state index contributed by atoms with van der Waals surface area (Å²) in [4.78, 5) is 25.2. The largest absolute Gasteiger partial charge is 0.453 e. The lowest BCUT2D eigenvalue weighted by Crippen LogP contribution is -2.22. The zero-order valence-corrected chi connectivity index (χ0v) is 14.0. The van der Waals surface area contributed by atoms with Crippen molar-refractivity contribution >= 4 is 23.4 Å². The molecule has 0 unspecified atom stereocenters. The fraction of sp³-hybridized carbons (Fsp3) is 0.222. The van der Waals surface area contributed by atoms with E-state index in [4.69, 9.17) is 0 Å². The van der Waals surface area contributed by atoms with Gasteiger partial charge in [-0.15, -0.1) is 0 Å². The molecule has 0 saturated heterocycles. The van der Waals surface area contributed by atoms with Gasteiger partial charge >= 0.3 is 6.09 Å². The second-order valence-electron chi connectivity index (χ2n) is 5.44. The molecular weight excluding hydrogens is 306 g/mol. The molecule has 24 heavy (non-hydrogen) atoms. The summed E-state index contributed by atoms with van der Waals surface area (Å²) < 4.78 is 4.53. The van der Waals surface area contributed by atoms with E-state index in [0.29, 0.717) is 17.8 Å². The van der Waals surface area contributed by atoms with Gasteiger partial charge < -0.3 is 15.0 Å². The summed E-state index contributed by atoms with van der Waals surface area (Å²) in [6.45, 7) is 0.409. The Kier molecular flexibility index (Phi) is 5.78. The van der Waals surface area contributed by atoms with Gasteiger partial charge in [0.15, 0.2) is 0 Å². The summed E-state index contributed by atoms with van der Waals surface area (Å²) in [5.74, 6) is -0.128. The van der Waals surface area contributed by atoms with Gasteiger partial charge in [0.05, 0.1) is 7.11 Å². The van der Waals surface area contributed by atoms with Crippen LogP contribution in [0.15, 0.2) is 48.5 Å². The number of nitrogens with one attached hydrogen (secondary N) is 2. The first-order valence-electron chi connectivity index (χ1n) is 7.49. The van der Waals surface area contributed by atoms with Crippen molar-refractivity contribution in [3.63, 3.8) is 0 Å². The van der Waals surface area contributed by atoms with Crippen molar-refractivity contribution in [2.24, 2.45) is 0 Å². The van der Waals surface area contributed by atoms with Crippen LogP contribution >= 0.6 is 0 Å². The zero-order chi connectivity index (χ0) is 17.5. The lowest BCUT2D eigenvalue weighted by atomic mass is 10.1. The lowest BCUT2D eigenvalue weighted by molar-refractivity contribution is 0.0951. The van der Waals surface area contributed by atoms with Gasteiger partial charge in [0.1, 0.15) is 0 Å². The van der Waals surface area contributed by atoms with Crippen molar-refractivity contribution in [1.82, 2.24) is 5.32 Å². The van der Waals surface area contributed by atoms with Gasteiger partial charge in [0.25, 0.3) is 5.91 Å². The molecule has 0 aliphatic carbocycles. The molecule has 0 aromatic heterocycles. The fourth-order valence-corrected chi connectivity index (χ4v) is 2.07. The van der Waals surface area contributed by atoms with Gasteiger partial charge in [-0.1, -0.05) is 12.1 Å². The Balaban J connectivity index is 1.90. The molecule has 0 bridgehead atoms. The third-order valence-corrected chi connectivity index (χ3v) is 3.48. The molecule has 0 heterocycles. The Labute approximate surface area is 141 Å². The predicted octanol–water partition coefficient (Wildman–Crippen LogP) is 2.86. The first-order valence-corrected chi connectivity index (χ1v) is 7.49. The number of hydrogen-bond acceptors (Lipinski definition) is 4. The molecule has 2 amide bonds. The van der Waals surface area contributed by atoms with Gasteiger partial charge in [0.2, 0.25) is 0 Å². The highest BCUT2D eigenvalue weighted by atomic mass is 16.5. The van der Waals surface area contributed by atoms with Crippen LogP contribution in [-0.2, 0) is 11.3 Å². The highest BCUT2D eigenvalue weighted by Gasteiger charge is 2.06. The molecule has 2 N–H and O–H groups in total. The minimum atomic E-state index is -0.516. The summed E-state index contributed by atoms with van der Waals surface area (Å²) >= 11 is 0. The number of methoxy groups -OCH3 is 1. The number of rotatable bonds is 5. The van der Waals surface area contributed by atoms with Gasteiger partial charge in [-0.05, 0) is 42.0 Å². The van der Waals surface area contributed by atoms with Gasteiger partial charge in [-0.2, -0.15) is 0 Å². The maximum atomic E-state index is 12.2. The van der Waals surface area contributed by atoms with E-state index >= 15 is 0 Å². The molecule has 6 nitrogen and oxygen atoms in total. The van der Waals surface area contributed by atoms with Crippen LogP contribution in [0.3, 0.4) is 0 Å². The number of hydrogen-bond donors (Lipinski definition) is 2. The Bertz CT molecular complexity index is 694. The topological polar surface area (TPSA) is 70.7 Å². The third-order valence-electron chi connectivity index (χ3n) is 3.48. The number of benzene rings is 2. The van der Waals surface area contributed by atoms with Crippen molar-refractivity contribution < 1.29 is 14.3 Å². The molecule has 126 valence electrons. The molecule has 2 rings (SSSR count). The van der Waals surface area contributed by atoms with E-state index in [1.54, 1.807) is 24.3 Å². The summed E-state index contributed by atoms with van der Waals surface area (Å²) in [7, 11) is 5.21. The second kappa shape index (κ2) is 8.01. The van der Waals surface area contributed by atoms with Gasteiger partial charge in [0, 0.05) is 37.6 Å². The number of carbonyl (C=O) groups excluding carboxylic acids is 2. The molecule has 0 radical (unpaired) electrons. The van der Waals surface area contributed by atoms with Crippen molar-refractivity contribution in [2.45, 2.75) is 6.54 Å². The van der Waals surface area contributed by atoms with E-state index in [1.807, 2.05) is 43.3 Å². The van der Waals surface area contributed by atoms with Crippen LogP contribution in [0.25, 0.3) is 0 Å². The van der Waals surface area contributed by atoms with Crippen LogP contribution in [-0.4, -0.2) is 33.2 Å². The Morgan fingerprint density at radius 2 is 1.62 bits per heavy atom. The average Bonchev–Trinajstić information content (AvgIpc) is 2.60. The van der Waals surface area contributed by atoms with Gasteiger partial charge in [-0.25, -0.2) is 4.79 Å². The van der Waals surface area contributed by atoms with Crippen LogP contribution < -0.4 is 15.5 Å². The third kappa shape index (κ3) is 4.74. The van der Waals surface area contributed by atoms with E-state index in [-0.39, 0.29) is 5.91 Å². The van der Waals surface area contributed by atoms with Crippen LogP contribution in [0.1, 0.15) is 15.9 Å². The molecule has 2 aromatic carbocycles. The van der Waals surface area contributed by atoms with E-state index in [9.17, 15) is 9.59 Å². The standard InChI is InChI=1S/C18H21N3O3/c1-21(2)16-10-6-14(7-11-16)17(22)19-12-13-4-8-15(9-5-13)20-18(23)24-3/h4-11H,12H2,1-3H3,(H,19,22)(H,20,23). The monoisotopic (exact) mass is 327 g/mol. The van der Waals surface area contributed by atoms with E-state index in [1.165, 1.54) is 7.11 Å². The van der Waals surface area contributed by atoms with E-state index in [2.05, 4.69) is 15.4 Å².